The zero-order chi connectivity index (χ0) is 4.41. The highest BCUT2D eigenvalue weighted by atomic mass is 32.1. The van der Waals surface area contributed by atoms with Crippen molar-refractivity contribution in [3.05, 3.63) is 0 Å². The summed E-state index contributed by atoms with van der Waals surface area (Å²) in [6.07, 6.45) is 0. The van der Waals surface area contributed by atoms with Crippen LogP contribution in [0.25, 0.3) is 0 Å². The summed E-state index contributed by atoms with van der Waals surface area (Å²) in [5.41, 5.74) is 5.30. The van der Waals surface area contributed by atoms with Gasteiger partial charge in [0.05, 0.1) is 0 Å². The normalized spacial score (nSPS) is 21.2. The Morgan fingerprint density at radius 1 is 1.83 bits per heavy atom. The van der Waals surface area contributed by atoms with Crippen LogP contribution in [0.1, 0.15) is 0 Å². The van der Waals surface area contributed by atoms with Crippen LogP contribution < -0.4 is 11.1 Å². The molecule has 6 heavy (non-hydrogen) atoms. The van der Waals surface area contributed by atoms with Gasteiger partial charge in [0.15, 0.2) is 0 Å². The SMILES string of the molecule is NC1=[S]CCN1. The maximum atomic E-state index is 5.30. The van der Waals surface area contributed by atoms with Gasteiger partial charge in [-0.15, -0.1) is 11.4 Å². The molecule has 1 aliphatic rings. The number of hydrogen-bond donors (Lipinski definition) is 2. The van der Waals surface area contributed by atoms with Crippen molar-refractivity contribution < 1.29 is 0 Å². The van der Waals surface area contributed by atoms with E-state index >= 15 is 0 Å². The number of nitrogens with two attached hydrogens (primary N) is 1. The van der Waals surface area contributed by atoms with E-state index in [1.807, 2.05) is 0 Å². The van der Waals surface area contributed by atoms with Crippen molar-refractivity contribution in [1.82, 2.24) is 5.32 Å². The largest absolute Gasteiger partial charge is 0.285 e. The van der Waals surface area contributed by atoms with Crippen molar-refractivity contribution in [2.24, 2.45) is 5.73 Å². The van der Waals surface area contributed by atoms with E-state index < -0.39 is 0 Å². The van der Waals surface area contributed by atoms with Gasteiger partial charge in [-0.05, 0) is 0 Å². The molecule has 3 N–H and O–H groups in total. The van der Waals surface area contributed by atoms with Crippen LogP contribution in [0.15, 0.2) is 0 Å². The summed E-state index contributed by atoms with van der Waals surface area (Å²) in [4.78, 5) is 0. The zero-order valence-electron chi connectivity index (χ0n) is 3.40. The second-order valence-corrected chi connectivity index (χ2v) is 2.28. The highest BCUT2D eigenvalue weighted by Gasteiger charge is 1.94. The molecular weight excluding hydrogens is 96.1 g/mol. The smallest absolute Gasteiger partial charge is 0.106 e. The van der Waals surface area contributed by atoms with Gasteiger partial charge in [-0.2, -0.15) is 0 Å². The molecule has 1 heterocycles. The Morgan fingerprint density at radius 2 is 2.67 bits per heavy atom. The Kier molecular flexibility index (Phi) is 1.14. The molecule has 0 atom stereocenters. The lowest BCUT2D eigenvalue weighted by atomic mass is 10.8. The predicted octanol–water partition coefficient (Wildman–Crippen LogP) is -0.631. The first-order valence-electron chi connectivity index (χ1n) is 1.89. The summed E-state index contributed by atoms with van der Waals surface area (Å²) in [6.45, 7) is 1.04. The van der Waals surface area contributed by atoms with E-state index in [4.69, 9.17) is 5.73 Å². The van der Waals surface area contributed by atoms with Gasteiger partial charge in [0.25, 0.3) is 0 Å². The molecule has 3 heteroatoms. The van der Waals surface area contributed by atoms with Crippen molar-refractivity contribution in [3.63, 3.8) is 0 Å². The first kappa shape index (κ1) is 4.18. The summed E-state index contributed by atoms with van der Waals surface area (Å²) in [5.74, 6) is 1.13. The molecular formula is C3H7N2S. The average Bonchev–Trinajstić information content (AvgIpc) is 1.86. The maximum Gasteiger partial charge on any atom is 0.106 e. The third-order valence-corrected chi connectivity index (χ3v) is 1.52. The molecule has 0 aromatic carbocycles. The monoisotopic (exact) mass is 103 g/mol. The Hall–Kier alpha value is 0.01000. The van der Waals surface area contributed by atoms with Crippen molar-refractivity contribution in [2.75, 3.05) is 12.3 Å². The molecule has 0 aliphatic carbocycles. The average molecular weight is 103 g/mol. The van der Waals surface area contributed by atoms with Gasteiger partial charge in [-0.1, -0.05) is 0 Å². The van der Waals surface area contributed by atoms with Gasteiger partial charge >= 0.3 is 0 Å². The highest BCUT2D eigenvalue weighted by Crippen LogP contribution is 1.88. The molecule has 0 aromatic rings. The molecule has 0 spiro atoms. The van der Waals surface area contributed by atoms with Crippen molar-refractivity contribution in [3.8, 4) is 0 Å². The fourth-order valence-electron chi connectivity index (χ4n) is 0.386. The van der Waals surface area contributed by atoms with Gasteiger partial charge in [0, 0.05) is 12.3 Å². The fourth-order valence-corrected chi connectivity index (χ4v) is 1.01. The zero-order valence-corrected chi connectivity index (χ0v) is 4.22. The molecule has 2 nitrogen and oxygen atoms in total. The molecule has 0 fully saturated rings. The van der Waals surface area contributed by atoms with Gasteiger partial charge in [-0.25, -0.2) is 0 Å². The summed E-state index contributed by atoms with van der Waals surface area (Å²) >= 11 is 1.68. The molecule has 1 rings (SSSR count). The molecule has 0 bridgehead atoms. The second-order valence-electron chi connectivity index (χ2n) is 1.14. The molecule has 0 saturated heterocycles. The number of rotatable bonds is 0. The lowest BCUT2D eigenvalue weighted by molar-refractivity contribution is 1.00. The minimum atomic E-state index is 0.870. The van der Waals surface area contributed by atoms with Crippen LogP contribution in [0.4, 0.5) is 0 Å². The summed E-state index contributed by atoms with van der Waals surface area (Å²) < 4.78 is 0. The molecule has 0 saturated carbocycles. The van der Waals surface area contributed by atoms with Crippen molar-refractivity contribution in [1.29, 1.82) is 0 Å². The first-order valence-corrected chi connectivity index (χ1v) is 2.87. The molecule has 1 radical (unpaired) electrons. The van der Waals surface area contributed by atoms with E-state index in [1.165, 1.54) is 0 Å². The molecule has 1 aliphatic heterocycles. The minimum Gasteiger partial charge on any atom is -0.285 e. The van der Waals surface area contributed by atoms with Crippen molar-refractivity contribution in [2.45, 2.75) is 0 Å². The molecule has 35 valence electrons. The van der Waals surface area contributed by atoms with Crippen LogP contribution in [0.2, 0.25) is 0 Å². The Morgan fingerprint density at radius 3 is 2.83 bits per heavy atom. The first-order chi connectivity index (χ1) is 2.89. The molecule has 0 amide bonds. The van der Waals surface area contributed by atoms with Gasteiger partial charge in [-0.3, -0.25) is 11.1 Å². The Bertz CT molecular complexity index is 78.9. The number of nitrogens with one attached hydrogen (secondary N) is 1. The van der Waals surface area contributed by atoms with E-state index in [0.29, 0.717) is 0 Å². The van der Waals surface area contributed by atoms with Crippen LogP contribution in [-0.2, 0) is 0 Å². The van der Waals surface area contributed by atoms with E-state index in [-0.39, 0.29) is 0 Å². The van der Waals surface area contributed by atoms with Crippen LogP contribution in [0.3, 0.4) is 0 Å². The standard InChI is InChI=1S/C3H7N2S/c4-3-5-1-2-6-3/h5H,1-2,4H2. The number of hydrogen-bond acceptors (Lipinski definition) is 2. The van der Waals surface area contributed by atoms with Gasteiger partial charge < -0.3 is 0 Å². The third-order valence-electron chi connectivity index (χ3n) is 0.659. The summed E-state index contributed by atoms with van der Waals surface area (Å²) in [7, 11) is 0. The molecule has 0 aromatic heterocycles. The van der Waals surface area contributed by atoms with E-state index in [1.54, 1.807) is 11.4 Å². The molecule has 0 unspecified atom stereocenters. The third kappa shape index (κ3) is 0.739. The van der Waals surface area contributed by atoms with Crippen LogP contribution in [0, 0.1) is 0 Å². The van der Waals surface area contributed by atoms with Crippen molar-refractivity contribution >= 4 is 16.5 Å². The highest BCUT2D eigenvalue weighted by molar-refractivity contribution is 7.98. The van der Waals surface area contributed by atoms with Gasteiger partial charge in [0.2, 0.25) is 0 Å². The Labute approximate surface area is 40.7 Å². The summed E-state index contributed by atoms with van der Waals surface area (Å²) in [5, 5.41) is 3.85. The second kappa shape index (κ2) is 1.64. The van der Waals surface area contributed by atoms with E-state index in [0.717, 1.165) is 17.4 Å². The van der Waals surface area contributed by atoms with Gasteiger partial charge in [0.1, 0.15) is 5.11 Å². The van der Waals surface area contributed by atoms with Crippen LogP contribution in [-0.4, -0.2) is 17.4 Å². The lowest BCUT2D eigenvalue weighted by Gasteiger charge is -1.84. The quantitative estimate of drug-likeness (QED) is 0.401. The fraction of sp³-hybridized carbons (Fsp3) is 0.667. The van der Waals surface area contributed by atoms with Crippen LogP contribution >= 0.6 is 11.4 Å². The van der Waals surface area contributed by atoms with Crippen LogP contribution in [0.5, 0.6) is 0 Å². The minimum absolute atomic E-state index is 0.870. The maximum absolute atomic E-state index is 5.30. The Balaban J connectivity index is 2.45. The van der Waals surface area contributed by atoms with E-state index in [9.17, 15) is 0 Å². The predicted molar refractivity (Wildman–Crippen MR) is 29.7 cm³/mol. The topological polar surface area (TPSA) is 38.0 Å². The van der Waals surface area contributed by atoms with E-state index in [2.05, 4.69) is 5.32 Å². The lowest BCUT2D eigenvalue weighted by Crippen LogP contribution is -2.25. The summed E-state index contributed by atoms with van der Waals surface area (Å²) in [6, 6.07) is 0.